The van der Waals surface area contributed by atoms with Gasteiger partial charge in [-0.2, -0.15) is 0 Å². The molecule has 0 heterocycles. The van der Waals surface area contributed by atoms with Gasteiger partial charge < -0.3 is 0 Å². The summed E-state index contributed by atoms with van der Waals surface area (Å²) >= 11 is 2.32. The summed E-state index contributed by atoms with van der Waals surface area (Å²) in [6, 6.07) is 9.03. The Labute approximate surface area is 143 Å². The maximum atomic E-state index is 5.48. The minimum absolute atomic E-state index is 0.381. The van der Waals surface area contributed by atoms with Crippen LogP contribution in [-0.4, -0.2) is 31.5 Å². The molecule has 0 saturated heterocycles. The van der Waals surface area contributed by atoms with Crippen LogP contribution < -0.4 is 20.1 Å². The first kappa shape index (κ1) is 17.4. The molecule has 0 fully saturated rings. The molecule has 0 aromatic heterocycles. The molecular formula is C18H22LiO2P. The topological polar surface area (TPSA) is 18.5 Å². The van der Waals surface area contributed by atoms with Crippen molar-refractivity contribution in [2.75, 3.05) is 14.2 Å². The molecule has 0 unspecified atom stereocenters. The van der Waals surface area contributed by atoms with Crippen LogP contribution in [0, 0.1) is 27.7 Å². The van der Waals surface area contributed by atoms with E-state index >= 15 is 0 Å². The fourth-order valence-corrected chi connectivity index (χ4v) is 4.88. The summed E-state index contributed by atoms with van der Waals surface area (Å²) in [7, 11) is 3.47. The monoisotopic (exact) mass is 308 g/mol. The Kier molecular flexibility index (Phi) is 5.62. The van der Waals surface area contributed by atoms with Gasteiger partial charge in [0.1, 0.15) is 0 Å². The van der Waals surface area contributed by atoms with E-state index in [2.05, 4.69) is 69.2 Å². The van der Waals surface area contributed by atoms with Crippen LogP contribution in [0.2, 0.25) is 0 Å². The van der Waals surface area contributed by atoms with E-state index in [0.29, 0.717) is 0 Å². The van der Waals surface area contributed by atoms with E-state index in [1.807, 2.05) is 0 Å². The standard InChI is InChI=1S/C18H22O2P.Li/c1-11-7-15(8-12(2)17(11)19-5)21-16-9-13(3)18(20-6)14(4)10-16;/h7-10H,1-6H3;/q-1;+1. The van der Waals surface area contributed by atoms with Crippen LogP contribution in [0.25, 0.3) is 0 Å². The Morgan fingerprint density at radius 1 is 0.682 bits per heavy atom. The average Bonchev–Trinajstić information content (AvgIpc) is 2.45. The summed E-state index contributed by atoms with van der Waals surface area (Å²) in [5, 5.41) is 2.77. The Bertz CT molecular complexity index is 592. The molecule has 0 atom stereocenters. The first-order valence-electron chi connectivity index (χ1n) is 7.43. The molecule has 0 aliphatic carbocycles. The zero-order valence-electron chi connectivity index (χ0n) is 14.6. The molecule has 2 rings (SSSR count). The van der Waals surface area contributed by atoms with Crippen molar-refractivity contribution in [3.8, 4) is 11.5 Å². The number of rotatable bonds is 4. The third-order valence-corrected chi connectivity index (χ3v) is 6.14. The van der Waals surface area contributed by atoms with Gasteiger partial charge in [-0.05, 0) is 0 Å². The van der Waals surface area contributed by atoms with Crippen molar-refractivity contribution in [1.82, 2.24) is 0 Å². The Morgan fingerprint density at radius 3 is 1.18 bits per heavy atom. The van der Waals surface area contributed by atoms with Crippen molar-refractivity contribution in [1.29, 1.82) is 0 Å². The van der Waals surface area contributed by atoms with E-state index in [1.165, 1.54) is 32.9 Å². The van der Waals surface area contributed by atoms with Crippen molar-refractivity contribution in [3.63, 3.8) is 0 Å². The van der Waals surface area contributed by atoms with E-state index in [-0.39, 0.29) is 6.35 Å². The molecule has 2 aromatic carbocycles. The van der Waals surface area contributed by atoms with E-state index in [0.717, 1.165) is 11.5 Å². The van der Waals surface area contributed by atoms with Crippen molar-refractivity contribution in [2.24, 2.45) is 0 Å². The number of ether oxygens (including phenoxy) is 2. The fourth-order valence-electron chi connectivity index (χ4n) is 3.04. The van der Waals surface area contributed by atoms with Gasteiger partial charge in [0, 0.05) is 0 Å². The van der Waals surface area contributed by atoms with Crippen molar-refractivity contribution in [2.45, 2.75) is 27.7 Å². The van der Waals surface area contributed by atoms with Crippen LogP contribution in [0.15, 0.2) is 24.3 Å². The molecule has 4 heteroatoms. The molecule has 0 amide bonds. The Morgan fingerprint density at radius 2 is 0.955 bits per heavy atom. The third-order valence-electron chi connectivity index (χ3n) is 4.07. The van der Waals surface area contributed by atoms with Gasteiger partial charge in [-0.1, -0.05) is 0 Å². The molecule has 0 aliphatic heterocycles. The van der Waals surface area contributed by atoms with Crippen LogP contribution in [0.4, 0.5) is 0 Å². The molecule has 22 heavy (non-hydrogen) atoms. The van der Waals surface area contributed by atoms with E-state index in [4.69, 9.17) is 9.47 Å². The molecule has 2 aromatic rings. The molecular weight excluding hydrogens is 286 g/mol. The second-order valence-corrected chi connectivity index (χ2v) is 7.94. The molecule has 0 N–H and O–H groups in total. The normalized spacial score (nSPS) is 11.0. The summed E-state index contributed by atoms with van der Waals surface area (Å²) in [4.78, 5) is 0. The zero-order chi connectivity index (χ0) is 16.4. The van der Waals surface area contributed by atoms with Gasteiger partial charge in [0.15, 0.2) is 0 Å². The number of hydrogen-bond acceptors (Lipinski definition) is 2. The summed E-state index contributed by atoms with van der Waals surface area (Å²) < 4.78 is 11.0. The fraction of sp³-hybridized carbons (Fsp3) is 0.333. The summed E-state index contributed by atoms with van der Waals surface area (Å²) in [6.45, 7) is 8.46. The van der Waals surface area contributed by atoms with Crippen LogP contribution in [0.1, 0.15) is 22.3 Å². The van der Waals surface area contributed by atoms with Gasteiger partial charge in [-0.15, -0.1) is 0 Å². The molecule has 112 valence electrons. The first-order valence-corrected chi connectivity index (χ1v) is 9.22. The zero-order valence-corrected chi connectivity index (χ0v) is 15.5. The molecule has 0 spiro atoms. The number of benzene rings is 2. The molecule has 0 bridgehead atoms. The van der Waals surface area contributed by atoms with E-state index in [1.54, 1.807) is 14.2 Å². The van der Waals surface area contributed by atoms with Crippen LogP contribution in [-0.2, 0) is 0 Å². The van der Waals surface area contributed by atoms with Crippen molar-refractivity contribution < 1.29 is 9.47 Å². The predicted octanol–water partition coefficient (Wildman–Crippen LogP) is 3.45. The number of methoxy groups -OCH3 is 2. The van der Waals surface area contributed by atoms with Gasteiger partial charge in [-0.3, -0.25) is 0 Å². The van der Waals surface area contributed by atoms with Crippen molar-refractivity contribution in [3.05, 3.63) is 46.5 Å². The average molecular weight is 308 g/mol. The van der Waals surface area contributed by atoms with Crippen LogP contribution in [0.5, 0.6) is 11.5 Å². The SMILES string of the molecule is [Li][P](c1cc(C)c(OC)c(C)c1)c1cc(C)c(OC)c(C)c1. The second kappa shape index (κ2) is 7.09. The Hall–Kier alpha value is -0.933. The summed E-state index contributed by atoms with van der Waals surface area (Å²) in [5.74, 6) is 1.99. The van der Waals surface area contributed by atoms with E-state index < -0.39 is 0 Å². The van der Waals surface area contributed by atoms with Gasteiger partial charge in [0.25, 0.3) is 0 Å². The number of aryl methyl sites for hydroxylation is 4. The number of hydrogen-bond donors (Lipinski definition) is 0. The first-order chi connectivity index (χ1) is 10.4. The molecule has 2 nitrogen and oxygen atoms in total. The van der Waals surface area contributed by atoms with E-state index in [9.17, 15) is 0 Å². The quantitative estimate of drug-likeness (QED) is 0.636. The molecule has 0 radical (unpaired) electrons. The van der Waals surface area contributed by atoms with Gasteiger partial charge >= 0.3 is 144 Å². The molecule has 0 aliphatic rings. The van der Waals surface area contributed by atoms with Gasteiger partial charge in [0.2, 0.25) is 0 Å². The maximum absolute atomic E-state index is 5.48. The minimum atomic E-state index is -0.381. The third kappa shape index (κ3) is 3.36. The van der Waals surface area contributed by atoms with Crippen molar-refractivity contribution >= 4 is 34.2 Å². The summed E-state index contributed by atoms with van der Waals surface area (Å²) in [5.41, 5.74) is 4.81. The molecule has 0 saturated carbocycles. The van der Waals surface area contributed by atoms with Gasteiger partial charge in [-0.25, -0.2) is 0 Å². The Balaban J connectivity index is 2.46. The van der Waals surface area contributed by atoms with Gasteiger partial charge in [0.05, 0.1) is 0 Å². The second-order valence-electron chi connectivity index (χ2n) is 5.78. The van der Waals surface area contributed by atoms with Crippen LogP contribution >= 0.6 is 6.35 Å². The predicted molar refractivity (Wildman–Crippen MR) is 96.9 cm³/mol. The van der Waals surface area contributed by atoms with Crippen LogP contribution in [0.3, 0.4) is 0 Å². The summed E-state index contributed by atoms with van der Waals surface area (Å²) in [6.07, 6.45) is -0.381.